The molecule has 6 aromatic heterocycles. The summed E-state index contributed by atoms with van der Waals surface area (Å²) < 4.78 is 87.0. The number of H-pyrrole nitrogens is 2. The number of aliphatic hydroxyl groups excluding tert-OH is 1. The fourth-order valence-electron chi connectivity index (χ4n) is 7.56. The summed E-state index contributed by atoms with van der Waals surface area (Å²) in [5.74, 6) is -0.379. The summed E-state index contributed by atoms with van der Waals surface area (Å²) in [5.41, 5.74) is 16.4. The maximum atomic E-state index is 13.6. The molecule has 0 radical (unpaired) electrons. The monoisotopic (exact) mass is 972 g/mol. The van der Waals surface area contributed by atoms with Gasteiger partial charge in [-0.05, 0) is 0 Å². The van der Waals surface area contributed by atoms with Gasteiger partial charge in [-0.3, -0.25) is 51.4 Å². The Morgan fingerprint density at radius 3 is 1.69 bits per heavy atom. The molecule has 0 aliphatic carbocycles. The van der Waals surface area contributed by atoms with Crippen LogP contribution in [-0.2, 0) is 50.5 Å². The maximum Gasteiger partial charge on any atom is 0.694 e. The van der Waals surface area contributed by atoms with Gasteiger partial charge in [0.2, 0.25) is 11.9 Å². The van der Waals surface area contributed by atoms with E-state index in [1.54, 1.807) is 0 Å². The number of hydrogen-bond donors (Lipinski definition) is 9. The van der Waals surface area contributed by atoms with Gasteiger partial charge in [-0.15, -0.1) is 9.42 Å². The zero-order valence-corrected chi connectivity index (χ0v) is 35.6. The molecule has 0 amide bonds. The minimum atomic E-state index is -5.18. The number of rotatable bonds is 16. The topological polar surface area (TPSA) is 455 Å². The van der Waals surface area contributed by atoms with E-state index >= 15 is 0 Å². The van der Waals surface area contributed by atoms with Gasteiger partial charge >= 0.3 is 23.9 Å². The van der Waals surface area contributed by atoms with Crippen LogP contribution >= 0.6 is 23.9 Å². The number of imidazole rings is 3. The number of aromatic nitrogens is 12. The fourth-order valence-corrected chi connectivity index (χ4v) is 9.76. The first-order valence-electron chi connectivity index (χ1n) is 19.0. The van der Waals surface area contributed by atoms with Crippen LogP contribution in [0.5, 0.6) is 0 Å². The molecule has 3 saturated heterocycles. The van der Waals surface area contributed by atoms with Crippen molar-refractivity contribution < 1.29 is 70.3 Å². The number of fused-ring (bicyclic) bond motifs is 3. The molecule has 0 spiro atoms. The number of nitrogen functional groups attached to an aromatic ring is 3. The Hall–Kier alpha value is -5.27. The average Bonchev–Trinajstić information content (AvgIpc) is 4.09. The summed E-state index contributed by atoms with van der Waals surface area (Å²) in [6, 6.07) is 0. The van der Waals surface area contributed by atoms with E-state index in [1.807, 2.05) is 0 Å². The highest BCUT2D eigenvalue weighted by Crippen LogP contribution is 2.52. The second-order valence-electron chi connectivity index (χ2n) is 14.6. The van der Waals surface area contributed by atoms with Gasteiger partial charge in [-0.2, -0.15) is 9.97 Å². The third kappa shape index (κ3) is 9.28. The molecule has 0 aromatic carbocycles. The first-order valence-corrected chi connectivity index (χ1v) is 23.2. The number of aromatic amines is 2. The van der Waals surface area contributed by atoms with Gasteiger partial charge in [-0.1, -0.05) is 0 Å². The van der Waals surface area contributed by atoms with Gasteiger partial charge in [0.25, 0.3) is 11.1 Å². The van der Waals surface area contributed by atoms with Crippen LogP contribution in [0.4, 0.5) is 17.7 Å². The molecular weight excluding hydrogens is 935 g/mol. The highest BCUT2D eigenvalue weighted by atomic mass is 31.2. The van der Waals surface area contributed by atoms with Crippen LogP contribution in [0, 0.1) is 0 Å². The second-order valence-corrected chi connectivity index (χ2v) is 18.2. The van der Waals surface area contributed by atoms with E-state index in [9.17, 15) is 43.1 Å². The molecule has 65 heavy (non-hydrogen) atoms. The quantitative estimate of drug-likeness (QED) is 0.0511. The van der Waals surface area contributed by atoms with Crippen molar-refractivity contribution in [3.05, 3.63) is 46.0 Å². The number of nitrogens with zero attached hydrogens (tertiary/aromatic N) is 10. The highest BCUT2D eigenvalue weighted by Gasteiger charge is 2.47. The smallest absolute Gasteiger partial charge is 0.390 e. The van der Waals surface area contributed by atoms with E-state index in [-0.39, 0.29) is 59.3 Å². The largest absolute Gasteiger partial charge is 0.694 e. The predicted octanol–water partition coefficient (Wildman–Crippen LogP) is -1.27. The Bertz CT molecular complexity index is 3000. The van der Waals surface area contributed by atoms with Crippen molar-refractivity contribution in [3.63, 3.8) is 0 Å². The molecule has 3 unspecified atom stereocenters. The summed E-state index contributed by atoms with van der Waals surface area (Å²) in [6.07, 6.45) is -6.50. The molecular formula is C30H37N15O17P3+. The standard InChI is InChI=1S/C30H36N15O17P3/c31-23-20-24(35-7-34-23)43(8-36-20)17-1-11(46)14(58-17)5-56-64(51,52)62-13-3-19(45-10-38-22-26(45)40-30(33)42-28(22)48)60-16(13)6-57-65(53,54)61-12-2-18(59-15(12)4-55-63(49)50)44-9-37-21-25(44)39-29(32)41-27(21)47/h7-19,46H,1-6H2,(H10-,31,32,33,34,35,39,40,41,42,47,48,49,50,51,52,53,54)/p+1/t11-,12-,13-,14+,15+,16+,17+,18+,19+/m0/s1. The number of phosphoric ester groups is 2. The number of nitrogens with one attached hydrogen (secondary N) is 2. The SMILES string of the molecule is Nc1nc2c(ncn2[C@H]2C[C@H](OP(=O)(O)OC[C@H]3O[C@@H](n4cnc5c(=O)[nH]c(N)nc54)C[C@@H]3OP(=O)(O)OC[C@H]3O[C@@H](n4cnc5c(N)ncnc54)C[C@@H]3O)[C@@H](CO[P+](=O)O)O2)c(=O)[nH]1. The second kappa shape index (κ2) is 17.5. The minimum absolute atomic E-state index is 0.00799. The lowest BCUT2D eigenvalue weighted by Crippen LogP contribution is -2.31. The van der Waals surface area contributed by atoms with E-state index in [0.29, 0.717) is 11.2 Å². The molecule has 0 bridgehead atoms. The van der Waals surface area contributed by atoms with Gasteiger partial charge in [0.05, 0.1) is 38.3 Å². The van der Waals surface area contributed by atoms with Crippen LogP contribution in [-0.4, -0.2) is 135 Å². The van der Waals surface area contributed by atoms with Gasteiger partial charge in [0.1, 0.15) is 67.7 Å². The lowest BCUT2D eigenvalue weighted by Gasteiger charge is -2.24. The number of ether oxygens (including phenoxy) is 3. The molecule has 6 aromatic rings. The minimum Gasteiger partial charge on any atom is -0.390 e. The number of nitrogens with two attached hydrogens (primary N) is 3. The molecule has 3 aliphatic rings. The number of phosphoric acid groups is 2. The molecule has 35 heteroatoms. The number of aliphatic hydroxyl groups is 1. The van der Waals surface area contributed by atoms with Gasteiger partial charge < -0.3 is 46.3 Å². The van der Waals surface area contributed by atoms with Crippen molar-refractivity contribution >= 4 is 75.1 Å². The Kier molecular flexibility index (Phi) is 12.1. The zero-order valence-electron chi connectivity index (χ0n) is 32.9. The highest BCUT2D eigenvalue weighted by molar-refractivity contribution is 7.47. The van der Waals surface area contributed by atoms with E-state index < -0.39 is 110 Å². The molecule has 12 atom stereocenters. The predicted molar refractivity (Wildman–Crippen MR) is 214 cm³/mol. The van der Waals surface area contributed by atoms with E-state index in [4.69, 9.17) is 54.0 Å². The Morgan fingerprint density at radius 2 is 1.15 bits per heavy atom. The van der Waals surface area contributed by atoms with Crippen LogP contribution < -0.4 is 28.3 Å². The molecule has 348 valence electrons. The van der Waals surface area contributed by atoms with Crippen LogP contribution in [0.3, 0.4) is 0 Å². The van der Waals surface area contributed by atoms with Crippen LogP contribution in [0.15, 0.2) is 34.9 Å². The maximum absolute atomic E-state index is 13.6. The van der Waals surface area contributed by atoms with E-state index in [0.717, 1.165) is 0 Å². The molecule has 3 fully saturated rings. The van der Waals surface area contributed by atoms with Gasteiger partial charge in [0, 0.05) is 23.8 Å². The van der Waals surface area contributed by atoms with E-state index in [2.05, 4.69) is 44.9 Å². The Morgan fingerprint density at radius 1 is 0.692 bits per heavy atom. The van der Waals surface area contributed by atoms with Crippen LogP contribution in [0.25, 0.3) is 33.5 Å². The van der Waals surface area contributed by atoms with Crippen LogP contribution in [0.1, 0.15) is 37.9 Å². The van der Waals surface area contributed by atoms with Crippen molar-refractivity contribution in [2.24, 2.45) is 0 Å². The van der Waals surface area contributed by atoms with Crippen molar-refractivity contribution in [1.82, 2.24) is 58.6 Å². The third-order valence-electron chi connectivity index (χ3n) is 10.5. The first kappa shape index (κ1) is 44.9. The molecule has 9 rings (SSSR count). The summed E-state index contributed by atoms with van der Waals surface area (Å²) in [6.45, 7) is -2.12. The molecule has 9 heterocycles. The van der Waals surface area contributed by atoms with Crippen molar-refractivity contribution in [3.8, 4) is 0 Å². The summed E-state index contributed by atoms with van der Waals surface area (Å²) >= 11 is 0. The zero-order chi connectivity index (χ0) is 45.9. The summed E-state index contributed by atoms with van der Waals surface area (Å²) in [7, 11) is -13.4. The van der Waals surface area contributed by atoms with E-state index in [1.165, 1.54) is 39.0 Å². The Balaban J connectivity index is 0.901. The molecule has 3 aliphatic heterocycles. The summed E-state index contributed by atoms with van der Waals surface area (Å²) in [5, 5.41) is 10.8. The lowest BCUT2D eigenvalue weighted by molar-refractivity contribution is -0.0591. The fraction of sp³-hybridized carbons (Fsp3) is 0.500. The normalized spacial score (nSPS) is 28.1. The van der Waals surface area contributed by atoms with Crippen molar-refractivity contribution in [1.29, 1.82) is 0 Å². The first-order chi connectivity index (χ1) is 30.9. The number of anilines is 3. The lowest BCUT2D eigenvalue weighted by atomic mass is 10.2. The summed E-state index contributed by atoms with van der Waals surface area (Å²) in [4.78, 5) is 89.3. The van der Waals surface area contributed by atoms with Crippen molar-refractivity contribution in [2.75, 3.05) is 37.0 Å². The van der Waals surface area contributed by atoms with Crippen molar-refractivity contribution in [2.45, 2.75) is 74.6 Å². The van der Waals surface area contributed by atoms with Gasteiger partial charge in [0.15, 0.2) is 33.8 Å². The number of hydrogen-bond acceptors (Lipinski definition) is 24. The molecule has 12 N–H and O–H groups in total. The van der Waals surface area contributed by atoms with Gasteiger partial charge in [-0.25, -0.2) is 34.0 Å². The third-order valence-corrected chi connectivity index (χ3v) is 12.9. The molecule has 32 nitrogen and oxygen atoms in total. The Labute approximate surface area is 361 Å². The average molecular weight is 973 g/mol. The van der Waals surface area contributed by atoms with Crippen LogP contribution in [0.2, 0.25) is 0 Å². The molecule has 0 saturated carbocycles.